The van der Waals surface area contributed by atoms with Crippen molar-refractivity contribution >= 4 is 11.6 Å². The molecular formula is C25H32N2O3. The minimum atomic E-state index is -0.212. The van der Waals surface area contributed by atoms with E-state index < -0.39 is 0 Å². The molecule has 5 heteroatoms. The zero-order valence-electron chi connectivity index (χ0n) is 17.7. The van der Waals surface area contributed by atoms with Gasteiger partial charge in [-0.1, -0.05) is 37.1 Å². The molecule has 0 spiro atoms. The van der Waals surface area contributed by atoms with Gasteiger partial charge in [-0.3, -0.25) is 9.69 Å². The average Bonchev–Trinajstić information content (AvgIpc) is 2.81. The molecule has 160 valence electrons. The highest BCUT2D eigenvalue weighted by molar-refractivity contribution is 6.06. The minimum Gasteiger partial charge on any atom is -0.497 e. The number of carbonyl (C=O) groups is 1. The molecule has 0 bridgehead atoms. The summed E-state index contributed by atoms with van der Waals surface area (Å²) >= 11 is 0. The van der Waals surface area contributed by atoms with Crippen LogP contribution in [-0.2, 0) is 0 Å². The molecule has 1 saturated heterocycles. The second kappa shape index (κ2) is 9.63. The summed E-state index contributed by atoms with van der Waals surface area (Å²) in [5.41, 5.74) is 1.57. The lowest BCUT2D eigenvalue weighted by atomic mass is 9.89. The maximum atomic E-state index is 13.5. The number of benzene rings is 2. The van der Waals surface area contributed by atoms with Crippen LogP contribution in [0, 0.1) is 0 Å². The molecule has 1 aliphatic heterocycles. The van der Waals surface area contributed by atoms with Gasteiger partial charge in [-0.25, -0.2) is 0 Å². The summed E-state index contributed by atoms with van der Waals surface area (Å²) in [5.74, 6) is 0.779. The van der Waals surface area contributed by atoms with Crippen LogP contribution in [0.5, 0.6) is 5.75 Å². The molecule has 0 radical (unpaired) electrons. The van der Waals surface area contributed by atoms with Crippen molar-refractivity contribution in [3.05, 3.63) is 60.2 Å². The smallest absolute Gasteiger partial charge is 0.258 e. The summed E-state index contributed by atoms with van der Waals surface area (Å²) in [7, 11) is 1.65. The highest BCUT2D eigenvalue weighted by Crippen LogP contribution is 2.31. The third-order valence-corrected chi connectivity index (χ3v) is 6.60. The summed E-state index contributed by atoms with van der Waals surface area (Å²) in [5, 5.41) is 10.4. The fraction of sp³-hybridized carbons (Fsp3) is 0.480. The third-order valence-electron chi connectivity index (χ3n) is 6.60. The van der Waals surface area contributed by atoms with Crippen molar-refractivity contribution < 1.29 is 14.6 Å². The van der Waals surface area contributed by atoms with Gasteiger partial charge in [-0.2, -0.15) is 0 Å². The Bertz CT molecular complexity index is 833. The predicted molar refractivity (Wildman–Crippen MR) is 119 cm³/mol. The molecule has 5 nitrogen and oxygen atoms in total. The number of carbonyl (C=O) groups excluding carboxylic acids is 1. The van der Waals surface area contributed by atoms with E-state index in [-0.39, 0.29) is 24.1 Å². The number of piperidine rings is 1. The number of aliphatic hydroxyl groups excluding tert-OH is 1. The first-order chi connectivity index (χ1) is 14.7. The zero-order chi connectivity index (χ0) is 20.9. The van der Waals surface area contributed by atoms with Gasteiger partial charge in [-0.15, -0.1) is 0 Å². The van der Waals surface area contributed by atoms with E-state index in [9.17, 15) is 9.90 Å². The van der Waals surface area contributed by atoms with Gasteiger partial charge in [0.2, 0.25) is 0 Å². The van der Waals surface area contributed by atoms with E-state index in [1.54, 1.807) is 7.11 Å². The lowest BCUT2D eigenvalue weighted by molar-refractivity contribution is 0.00866. The molecule has 2 fully saturated rings. The van der Waals surface area contributed by atoms with Crippen LogP contribution in [0.3, 0.4) is 0 Å². The number of hydrogen-bond donors (Lipinski definition) is 1. The van der Waals surface area contributed by atoms with E-state index >= 15 is 0 Å². The highest BCUT2D eigenvalue weighted by atomic mass is 16.5. The standard InChI is InChI=1S/C25H32N2O3/c1-30-22-11-7-10-21(18-22)27(25(29)19-8-3-2-4-9-19)20-14-16-26(17-15-20)23-12-5-6-13-24(23)28/h2-4,7-11,18,20,23-24,28H,5-6,12-17H2,1H3. The van der Waals surface area contributed by atoms with Crippen LogP contribution < -0.4 is 9.64 Å². The topological polar surface area (TPSA) is 53.0 Å². The van der Waals surface area contributed by atoms with Gasteiger partial charge in [-0.05, 0) is 49.9 Å². The molecule has 1 heterocycles. The molecule has 4 rings (SSSR count). The second-order valence-corrected chi connectivity index (χ2v) is 8.43. The SMILES string of the molecule is COc1cccc(N(C(=O)c2ccccc2)C2CCN(C3CCCCC3O)CC2)c1. The Labute approximate surface area is 179 Å². The number of amides is 1. The Kier molecular flexibility index (Phi) is 6.70. The first kappa shape index (κ1) is 20.9. The van der Waals surface area contributed by atoms with Gasteiger partial charge >= 0.3 is 0 Å². The first-order valence-corrected chi connectivity index (χ1v) is 11.1. The quantitative estimate of drug-likeness (QED) is 0.809. The van der Waals surface area contributed by atoms with Crippen LogP contribution in [0.25, 0.3) is 0 Å². The molecule has 0 aromatic heterocycles. The van der Waals surface area contributed by atoms with E-state index in [2.05, 4.69) is 4.90 Å². The number of rotatable bonds is 5. The number of hydrogen-bond acceptors (Lipinski definition) is 4. The van der Waals surface area contributed by atoms with Crippen LogP contribution in [0.15, 0.2) is 54.6 Å². The number of aliphatic hydroxyl groups is 1. The predicted octanol–water partition coefficient (Wildman–Crippen LogP) is 4.11. The van der Waals surface area contributed by atoms with Crippen LogP contribution >= 0.6 is 0 Å². The highest BCUT2D eigenvalue weighted by Gasteiger charge is 2.35. The summed E-state index contributed by atoms with van der Waals surface area (Å²) in [6.07, 6.45) is 5.91. The van der Waals surface area contributed by atoms with E-state index in [1.165, 1.54) is 6.42 Å². The molecule has 1 amide bonds. The fourth-order valence-electron chi connectivity index (χ4n) is 4.97. The van der Waals surface area contributed by atoms with Crippen LogP contribution in [-0.4, -0.2) is 54.3 Å². The first-order valence-electron chi connectivity index (χ1n) is 11.1. The maximum Gasteiger partial charge on any atom is 0.258 e. The summed E-state index contributed by atoms with van der Waals surface area (Å²) in [4.78, 5) is 17.9. The van der Waals surface area contributed by atoms with Crippen molar-refractivity contribution in [3.63, 3.8) is 0 Å². The summed E-state index contributed by atoms with van der Waals surface area (Å²) in [6.45, 7) is 1.82. The molecule has 1 saturated carbocycles. The van der Waals surface area contributed by atoms with E-state index in [4.69, 9.17) is 4.74 Å². The van der Waals surface area contributed by atoms with Crippen molar-refractivity contribution in [3.8, 4) is 5.75 Å². The Morgan fingerprint density at radius 2 is 1.73 bits per heavy atom. The molecule has 2 aromatic rings. The third kappa shape index (κ3) is 4.52. The summed E-state index contributed by atoms with van der Waals surface area (Å²) < 4.78 is 5.41. The van der Waals surface area contributed by atoms with Crippen molar-refractivity contribution in [2.24, 2.45) is 0 Å². The van der Waals surface area contributed by atoms with E-state index in [0.29, 0.717) is 5.56 Å². The molecule has 2 aliphatic rings. The Morgan fingerprint density at radius 3 is 2.43 bits per heavy atom. The van der Waals surface area contributed by atoms with E-state index in [0.717, 1.165) is 56.6 Å². The number of nitrogens with zero attached hydrogens (tertiary/aromatic N) is 2. The van der Waals surface area contributed by atoms with Gasteiger partial charge in [0.15, 0.2) is 0 Å². The molecule has 1 N–H and O–H groups in total. The lowest BCUT2D eigenvalue weighted by Gasteiger charge is -2.44. The van der Waals surface area contributed by atoms with Crippen molar-refractivity contribution in [2.45, 2.75) is 56.7 Å². The van der Waals surface area contributed by atoms with Crippen LogP contribution in [0.4, 0.5) is 5.69 Å². The van der Waals surface area contributed by atoms with E-state index in [1.807, 2.05) is 59.5 Å². The fourth-order valence-corrected chi connectivity index (χ4v) is 4.97. The van der Waals surface area contributed by atoms with Crippen molar-refractivity contribution in [1.82, 2.24) is 4.90 Å². The normalized spacial score (nSPS) is 23.1. The molecule has 30 heavy (non-hydrogen) atoms. The second-order valence-electron chi connectivity index (χ2n) is 8.43. The van der Waals surface area contributed by atoms with Crippen LogP contribution in [0.1, 0.15) is 48.9 Å². The molecule has 2 aromatic carbocycles. The van der Waals surface area contributed by atoms with Gasteiger partial charge in [0.05, 0.1) is 13.2 Å². The minimum absolute atomic E-state index is 0.0278. The molecule has 1 aliphatic carbocycles. The molecule has 2 unspecified atom stereocenters. The molecular weight excluding hydrogens is 376 g/mol. The Hall–Kier alpha value is -2.37. The average molecular weight is 409 g/mol. The Balaban J connectivity index is 1.55. The molecule has 2 atom stereocenters. The number of ether oxygens (including phenoxy) is 1. The monoisotopic (exact) mass is 408 g/mol. The van der Waals surface area contributed by atoms with Crippen molar-refractivity contribution in [2.75, 3.05) is 25.1 Å². The van der Waals surface area contributed by atoms with Crippen LogP contribution in [0.2, 0.25) is 0 Å². The number of likely N-dealkylation sites (tertiary alicyclic amines) is 1. The van der Waals surface area contributed by atoms with Gasteiger partial charge in [0.25, 0.3) is 5.91 Å². The van der Waals surface area contributed by atoms with Gasteiger partial charge < -0.3 is 14.7 Å². The number of methoxy groups -OCH3 is 1. The Morgan fingerprint density at radius 1 is 1.00 bits per heavy atom. The largest absolute Gasteiger partial charge is 0.497 e. The zero-order valence-corrected chi connectivity index (χ0v) is 17.7. The van der Waals surface area contributed by atoms with Gasteiger partial charge in [0.1, 0.15) is 5.75 Å². The maximum absolute atomic E-state index is 13.5. The lowest BCUT2D eigenvalue weighted by Crippen LogP contribution is -2.53. The van der Waals surface area contributed by atoms with Gasteiger partial charge in [0, 0.05) is 42.5 Å². The number of anilines is 1. The summed E-state index contributed by atoms with van der Waals surface area (Å²) in [6, 6.07) is 17.7. The van der Waals surface area contributed by atoms with Crippen molar-refractivity contribution in [1.29, 1.82) is 0 Å².